The summed E-state index contributed by atoms with van der Waals surface area (Å²) in [5.74, 6) is 0.779. The first kappa shape index (κ1) is 12.6. The summed E-state index contributed by atoms with van der Waals surface area (Å²) in [6, 6.07) is 2.10. The molecule has 1 aliphatic rings. The molecular weight excluding hydrogens is 284 g/mol. The van der Waals surface area contributed by atoms with E-state index in [4.69, 9.17) is 11.6 Å². The number of anilines is 1. The molecule has 0 unspecified atom stereocenters. The number of aryl methyl sites for hydroxylation is 1. The maximum Gasteiger partial charge on any atom is 0.239 e. The Hall–Kier alpha value is -1.40. The van der Waals surface area contributed by atoms with E-state index < -0.39 is 0 Å². The fraction of sp³-hybridized carbons (Fsp3) is 0.417. The van der Waals surface area contributed by atoms with Crippen LogP contribution in [0, 0.1) is 0 Å². The number of hydrogen-bond donors (Lipinski definition) is 1. The Balaban J connectivity index is 2.10. The summed E-state index contributed by atoms with van der Waals surface area (Å²) in [7, 11) is 0. The van der Waals surface area contributed by atoms with E-state index in [1.54, 1.807) is 11.3 Å². The second kappa shape index (κ2) is 4.94. The van der Waals surface area contributed by atoms with Gasteiger partial charge in [0.05, 0.1) is 11.9 Å². The normalized spacial score (nSPS) is 15.9. The molecule has 0 spiro atoms. The van der Waals surface area contributed by atoms with Crippen molar-refractivity contribution in [2.45, 2.75) is 13.3 Å². The molecule has 2 aromatic heterocycles. The minimum atomic E-state index is 0.0140. The number of halogens is 1. The minimum Gasteiger partial charge on any atom is -0.353 e. The van der Waals surface area contributed by atoms with Crippen molar-refractivity contribution < 1.29 is 4.79 Å². The summed E-state index contributed by atoms with van der Waals surface area (Å²) in [4.78, 5) is 24.2. The van der Waals surface area contributed by atoms with Gasteiger partial charge in [0.15, 0.2) is 0 Å². The van der Waals surface area contributed by atoms with Crippen LogP contribution in [0.3, 0.4) is 0 Å². The van der Waals surface area contributed by atoms with Gasteiger partial charge in [-0.15, -0.1) is 11.3 Å². The molecule has 0 bridgehead atoms. The first-order chi connectivity index (χ1) is 9.17. The molecule has 5 nitrogen and oxygen atoms in total. The fourth-order valence-electron chi connectivity index (χ4n) is 2.17. The van der Waals surface area contributed by atoms with Gasteiger partial charge in [-0.05, 0) is 24.1 Å². The van der Waals surface area contributed by atoms with Crippen LogP contribution in [0.25, 0.3) is 10.2 Å². The Labute approximate surface area is 119 Å². The number of carbonyl (C=O) groups excluding carboxylic acids is 1. The van der Waals surface area contributed by atoms with Crippen molar-refractivity contribution in [3.63, 3.8) is 0 Å². The zero-order valence-electron chi connectivity index (χ0n) is 10.4. The summed E-state index contributed by atoms with van der Waals surface area (Å²) in [6.45, 7) is 3.80. The molecule has 0 aliphatic carbocycles. The number of thiophene rings is 1. The van der Waals surface area contributed by atoms with Gasteiger partial charge in [0, 0.05) is 18.0 Å². The summed E-state index contributed by atoms with van der Waals surface area (Å²) in [5, 5.41) is 4.03. The highest BCUT2D eigenvalue weighted by Crippen LogP contribution is 2.32. The molecule has 1 saturated heterocycles. The Kier molecular flexibility index (Phi) is 3.28. The molecular formula is C12H13ClN4OS. The van der Waals surface area contributed by atoms with E-state index in [9.17, 15) is 4.79 Å². The van der Waals surface area contributed by atoms with Gasteiger partial charge in [0.2, 0.25) is 11.2 Å². The van der Waals surface area contributed by atoms with E-state index in [2.05, 4.69) is 28.3 Å². The van der Waals surface area contributed by atoms with Gasteiger partial charge >= 0.3 is 0 Å². The highest BCUT2D eigenvalue weighted by atomic mass is 35.5. The van der Waals surface area contributed by atoms with Gasteiger partial charge in [-0.3, -0.25) is 4.79 Å². The van der Waals surface area contributed by atoms with Crippen LogP contribution in [-0.4, -0.2) is 35.5 Å². The second-order valence-electron chi connectivity index (χ2n) is 4.37. The van der Waals surface area contributed by atoms with Crippen LogP contribution in [0.15, 0.2) is 6.07 Å². The third kappa shape index (κ3) is 2.37. The lowest BCUT2D eigenvalue weighted by Crippen LogP contribution is -2.48. The Morgan fingerprint density at radius 1 is 1.53 bits per heavy atom. The summed E-state index contributed by atoms with van der Waals surface area (Å²) in [6.07, 6.45) is 0.957. The zero-order valence-corrected chi connectivity index (χ0v) is 12.0. The van der Waals surface area contributed by atoms with Crippen molar-refractivity contribution in [3.8, 4) is 0 Å². The lowest BCUT2D eigenvalue weighted by molar-refractivity contribution is -0.120. The second-order valence-corrected chi connectivity index (χ2v) is 5.83. The molecule has 2 aromatic rings. The van der Waals surface area contributed by atoms with E-state index in [0.717, 1.165) is 29.0 Å². The summed E-state index contributed by atoms with van der Waals surface area (Å²) >= 11 is 7.62. The first-order valence-electron chi connectivity index (χ1n) is 6.15. The molecule has 3 heterocycles. The topological polar surface area (TPSA) is 58.1 Å². The van der Waals surface area contributed by atoms with Gasteiger partial charge < -0.3 is 10.2 Å². The van der Waals surface area contributed by atoms with Gasteiger partial charge in [-0.1, -0.05) is 6.92 Å². The average molecular weight is 297 g/mol. The molecule has 1 aliphatic heterocycles. The molecule has 0 radical (unpaired) electrons. The van der Waals surface area contributed by atoms with E-state index in [-0.39, 0.29) is 11.2 Å². The molecule has 0 saturated carbocycles. The quantitative estimate of drug-likeness (QED) is 0.859. The number of nitrogens with one attached hydrogen (secondary N) is 1. The zero-order chi connectivity index (χ0) is 13.4. The number of aromatic nitrogens is 2. The van der Waals surface area contributed by atoms with Crippen molar-refractivity contribution in [2.24, 2.45) is 0 Å². The van der Waals surface area contributed by atoms with Gasteiger partial charge in [0.25, 0.3) is 0 Å². The highest BCUT2D eigenvalue weighted by Gasteiger charge is 2.21. The number of fused-ring (bicyclic) bond motifs is 1. The molecule has 1 amide bonds. The van der Waals surface area contributed by atoms with Crippen molar-refractivity contribution in [1.29, 1.82) is 0 Å². The fourth-order valence-corrected chi connectivity index (χ4v) is 3.34. The molecule has 19 heavy (non-hydrogen) atoms. The van der Waals surface area contributed by atoms with Crippen LogP contribution in [0.4, 0.5) is 5.82 Å². The van der Waals surface area contributed by atoms with Gasteiger partial charge in [-0.25, -0.2) is 4.98 Å². The summed E-state index contributed by atoms with van der Waals surface area (Å²) < 4.78 is 0. The van der Waals surface area contributed by atoms with Crippen molar-refractivity contribution in [2.75, 3.05) is 24.5 Å². The lowest BCUT2D eigenvalue weighted by atomic mass is 10.2. The first-order valence-corrected chi connectivity index (χ1v) is 7.34. The van der Waals surface area contributed by atoms with Gasteiger partial charge in [0.1, 0.15) is 10.6 Å². The molecule has 0 aromatic carbocycles. The largest absolute Gasteiger partial charge is 0.353 e. The van der Waals surface area contributed by atoms with Crippen LogP contribution < -0.4 is 10.2 Å². The van der Waals surface area contributed by atoms with Gasteiger partial charge in [-0.2, -0.15) is 4.98 Å². The lowest BCUT2D eigenvalue weighted by Gasteiger charge is -2.27. The molecule has 1 N–H and O–H groups in total. The number of hydrogen-bond acceptors (Lipinski definition) is 5. The predicted molar refractivity (Wildman–Crippen MR) is 77.0 cm³/mol. The Morgan fingerprint density at radius 3 is 3.11 bits per heavy atom. The standard InChI is InChI=1S/C12H13ClN4OS/c1-2-7-5-8-10(15-12(13)16-11(8)19-7)17-4-3-14-9(18)6-17/h5H,2-4,6H2,1H3,(H,14,18). The predicted octanol–water partition coefficient (Wildman–Crippen LogP) is 1.84. The number of carbonyl (C=O) groups is 1. The Morgan fingerprint density at radius 2 is 2.37 bits per heavy atom. The molecule has 100 valence electrons. The molecule has 1 fully saturated rings. The van der Waals surface area contributed by atoms with E-state index in [0.29, 0.717) is 13.1 Å². The Bertz CT molecular complexity index is 642. The van der Waals surface area contributed by atoms with Crippen molar-refractivity contribution in [3.05, 3.63) is 16.2 Å². The SMILES string of the molecule is CCc1cc2c(N3CCNC(=O)C3)nc(Cl)nc2s1. The highest BCUT2D eigenvalue weighted by molar-refractivity contribution is 7.18. The average Bonchev–Trinajstić information content (AvgIpc) is 2.80. The smallest absolute Gasteiger partial charge is 0.239 e. The van der Waals surface area contributed by atoms with E-state index >= 15 is 0 Å². The van der Waals surface area contributed by atoms with Crippen LogP contribution in [-0.2, 0) is 11.2 Å². The van der Waals surface area contributed by atoms with Crippen molar-refractivity contribution in [1.82, 2.24) is 15.3 Å². The number of rotatable bonds is 2. The van der Waals surface area contributed by atoms with Crippen LogP contribution >= 0.6 is 22.9 Å². The van der Waals surface area contributed by atoms with Crippen LogP contribution in [0.5, 0.6) is 0 Å². The van der Waals surface area contributed by atoms with Crippen LogP contribution in [0.2, 0.25) is 5.28 Å². The maximum absolute atomic E-state index is 11.5. The maximum atomic E-state index is 11.5. The van der Waals surface area contributed by atoms with Crippen molar-refractivity contribution >= 4 is 44.9 Å². The third-order valence-electron chi connectivity index (χ3n) is 3.08. The molecule has 0 atom stereocenters. The monoisotopic (exact) mass is 296 g/mol. The number of nitrogens with zero attached hydrogens (tertiary/aromatic N) is 3. The molecule has 3 rings (SSSR count). The number of piperazine rings is 1. The van der Waals surface area contributed by atoms with E-state index in [1.807, 2.05) is 4.90 Å². The molecule has 7 heteroatoms. The number of amides is 1. The van der Waals surface area contributed by atoms with E-state index in [1.165, 1.54) is 4.88 Å². The minimum absolute atomic E-state index is 0.0140. The van der Waals surface area contributed by atoms with Crippen LogP contribution in [0.1, 0.15) is 11.8 Å². The third-order valence-corrected chi connectivity index (χ3v) is 4.43. The summed E-state index contributed by atoms with van der Waals surface area (Å²) in [5.41, 5.74) is 0.